The monoisotopic (exact) mass is 333 g/mol. The molecule has 2 amide bonds. The summed E-state index contributed by atoms with van der Waals surface area (Å²) in [5, 5.41) is 2.87. The molecule has 0 spiro atoms. The standard InChI is InChI=1S/C18H27N3O3/c22-17(19-13-16-5-4-12-24-16)14-20-10-6-15(7-11-20)18(23)21-8-2-1-3-9-21/h4-5,12,15H,1-3,6-11,13-14H2,(H,19,22). The Morgan fingerprint density at radius 3 is 2.54 bits per heavy atom. The summed E-state index contributed by atoms with van der Waals surface area (Å²) in [5.41, 5.74) is 0. The molecule has 1 N–H and O–H groups in total. The van der Waals surface area contributed by atoms with Gasteiger partial charge in [0.25, 0.3) is 0 Å². The third-order valence-electron chi connectivity index (χ3n) is 5.01. The van der Waals surface area contributed by atoms with Gasteiger partial charge in [0.05, 0.1) is 19.4 Å². The normalized spacial score (nSPS) is 20.1. The Bertz CT molecular complexity index is 530. The van der Waals surface area contributed by atoms with E-state index in [1.54, 1.807) is 6.26 Å². The van der Waals surface area contributed by atoms with Gasteiger partial charge < -0.3 is 14.6 Å². The number of nitrogens with one attached hydrogen (secondary N) is 1. The summed E-state index contributed by atoms with van der Waals surface area (Å²) in [6, 6.07) is 3.66. The summed E-state index contributed by atoms with van der Waals surface area (Å²) in [7, 11) is 0. The van der Waals surface area contributed by atoms with Gasteiger partial charge in [-0.2, -0.15) is 0 Å². The molecule has 132 valence electrons. The molecule has 1 aromatic heterocycles. The van der Waals surface area contributed by atoms with Crippen molar-refractivity contribution in [3.05, 3.63) is 24.2 Å². The van der Waals surface area contributed by atoms with Crippen molar-refractivity contribution in [2.24, 2.45) is 5.92 Å². The predicted octanol–water partition coefficient (Wildman–Crippen LogP) is 1.62. The van der Waals surface area contributed by atoms with Crippen molar-refractivity contribution < 1.29 is 14.0 Å². The van der Waals surface area contributed by atoms with E-state index in [9.17, 15) is 9.59 Å². The number of rotatable bonds is 5. The van der Waals surface area contributed by atoms with Crippen molar-refractivity contribution in [1.82, 2.24) is 15.1 Å². The number of hydrogen-bond acceptors (Lipinski definition) is 4. The van der Waals surface area contributed by atoms with Crippen LogP contribution >= 0.6 is 0 Å². The number of carbonyl (C=O) groups is 2. The van der Waals surface area contributed by atoms with Gasteiger partial charge in [-0.15, -0.1) is 0 Å². The number of likely N-dealkylation sites (tertiary alicyclic amines) is 2. The zero-order valence-corrected chi connectivity index (χ0v) is 14.2. The fourth-order valence-corrected chi connectivity index (χ4v) is 3.57. The Morgan fingerprint density at radius 2 is 1.88 bits per heavy atom. The first kappa shape index (κ1) is 17.0. The van der Waals surface area contributed by atoms with Gasteiger partial charge in [0, 0.05) is 19.0 Å². The molecule has 0 unspecified atom stereocenters. The second-order valence-corrected chi connectivity index (χ2v) is 6.79. The predicted molar refractivity (Wildman–Crippen MR) is 90.1 cm³/mol. The largest absolute Gasteiger partial charge is 0.467 e. The van der Waals surface area contributed by atoms with Crippen molar-refractivity contribution in [3.8, 4) is 0 Å². The second-order valence-electron chi connectivity index (χ2n) is 6.79. The molecule has 3 rings (SSSR count). The molecule has 0 saturated carbocycles. The van der Waals surface area contributed by atoms with Crippen molar-refractivity contribution in [2.75, 3.05) is 32.7 Å². The minimum Gasteiger partial charge on any atom is -0.467 e. The highest BCUT2D eigenvalue weighted by atomic mass is 16.3. The van der Waals surface area contributed by atoms with Gasteiger partial charge in [-0.05, 0) is 57.3 Å². The molecule has 3 heterocycles. The second kappa shape index (κ2) is 8.33. The van der Waals surface area contributed by atoms with Crippen LogP contribution in [0.15, 0.2) is 22.8 Å². The Kier molecular flexibility index (Phi) is 5.91. The minimum atomic E-state index is 0.00667. The summed E-state index contributed by atoms with van der Waals surface area (Å²) >= 11 is 0. The van der Waals surface area contributed by atoms with Crippen LogP contribution in [0, 0.1) is 5.92 Å². The first-order valence-corrected chi connectivity index (χ1v) is 9.02. The highest BCUT2D eigenvalue weighted by Gasteiger charge is 2.29. The molecule has 2 aliphatic heterocycles. The zero-order valence-electron chi connectivity index (χ0n) is 14.2. The van der Waals surface area contributed by atoms with E-state index >= 15 is 0 Å². The molecule has 0 atom stereocenters. The number of nitrogens with zero attached hydrogens (tertiary/aromatic N) is 2. The molecule has 6 heteroatoms. The SMILES string of the molecule is O=C(CN1CCC(C(=O)N2CCCCC2)CC1)NCc1ccco1. The third-order valence-corrected chi connectivity index (χ3v) is 5.01. The van der Waals surface area contributed by atoms with Crippen molar-refractivity contribution in [2.45, 2.75) is 38.6 Å². The summed E-state index contributed by atoms with van der Waals surface area (Å²) in [4.78, 5) is 28.7. The lowest BCUT2D eigenvalue weighted by atomic mass is 9.94. The van der Waals surface area contributed by atoms with E-state index in [1.165, 1.54) is 6.42 Å². The van der Waals surface area contributed by atoms with Crippen molar-refractivity contribution in [1.29, 1.82) is 0 Å². The number of piperidine rings is 2. The van der Waals surface area contributed by atoms with Gasteiger partial charge in [0.15, 0.2) is 0 Å². The number of hydrogen-bond donors (Lipinski definition) is 1. The molecule has 2 fully saturated rings. The van der Waals surface area contributed by atoms with Gasteiger partial charge in [0.1, 0.15) is 5.76 Å². The molecular weight excluding hydrogens is 306 g/mol. The highest BCUT2D eigenvalue weighted by molar-refractivity contribution is 5.79. The fraction of sp³-hybridized carbons (Fsp3) is 0.667. The van der Waals surface area contributed by atoms with Gasteiger partial charge in [0.2, 0.25) is 11.8 Å². The molecule has 0 radical (unpaired) electrons. The topological polar surface area (TPSA) is 65.8 Å². The Balaban J connectivity index is 1.36. The van der Waals surface area contributed by atoms with E-state index in [1.807, 2.05) is 17.0 Å². The van der Waals surface area contributed by atoms with Crippen LogP contribution in [0.3, 0.4) is 0 Å². The van der Waals surface area contributed by atoms with E-state index < -0.39 is 0 Å². The molecule has 6 nitrogen and oxygen atoms in total. The van der Waals surface area contributed by atoms with Crippen LogP contribution in [0.5, 0.6) is 0 Å². The fourth-order valence-electron chi connectivity index (χ4n) is 3.57. The lowest BCUT2D eigenvalue weighted by Gasteiger charge is -2.35. The van der Waals surface area contributed by atoms with Crippen LogP contribution in [0.4, 0.5) is 0 Å². The van der Waals surface area contributed by atoms with Gasteiger partial charge in [-0.25, -0.2) is 0 Å². The first-order valence-electron chi connectivity index (χ1n) is 9.02. The van der Waals surface area contributed by atoms with E-state index in [0.29, 0.717) is 19.0 Å². The highest BCUT2D eigenvalue weighted by Crippen LogP contribution is 2.21. The molecule has 2 aliphatic rings. The number of furan rings is 1. The van der Waals surface area contributed by atoms with Crippen molar-refractivity contribution >= 4 is 11.8 Å². The van der Waals surface area contributed by atoms with Crippen molar-refractivity contribution in [3.63, 3.8) is 0 Å². The van der Waals surface area contributed by atoms with Crippen LogP contribution in [0.1, 0.15) is 37.9 Å². The molecule has 0 bridgehead atoms. The van der Waals surface area contributed by atoms with Crippen LogP contribution in [-0.2, 0) is 16.1 Å². The van der Waals surface area contributed by atoms with Gasteiger partial charge in [-0.1, -0.05) is 0 Å². The lowest BCUT2D eigenvalue weighted by molar-refractivity contribution is -0.138. The smallest absolute Gasteiger partial charge is 0.234 e. The molecule has 1 aromatic rings. The van der Waals surface area contributed by atoms with E-state index in [0.717, 1.165) is 57.6 Å². The zero-order chi connectivity index (χ0) is 16.8. The maximum absolute atomic E-state index is 12.5. The first-order chi connectivity index (χ1) is 11.7. The van der Waals surface area contributed by atoms with E-state index in [-0.39, 0.29) is 11.8 Å². The van der Waals surface area contributed by atoms with E-state index in [4.69, 9.17) is 4.42 Å². The Morgan fingerprint density at radius 1 is 1.12 bits per heavy atom. The lowest BCUT2D eigenvalue weighted by Crippen LogP contribution is -2.46. The van der Waals surface area contributed by atoms with Gasteiger partial charge >= 0.3 is 0 Å². The molecular formula is C18H27N3O3. The molecule has 0 aromatic carbocycles. The average molecular weight is 333 g/mol. The number of carbonyl (C=O) groups excluding carboxylic acids is 2. The molecule has 2 saturated heterocycles. The Labute approximate surface area is 143 Å². The molecule has 0 aliphatic carbocycles. The third kappa shape index (κ3) is 4.60. The van der Waals surface area contributed by atoms with E-state index in [2.05, 4.69) is 10.2 Å². The summed E-state index contributed by atoms with van der Waals surface area (Å²) < 4.78 is 5.20. The van der Waals surface area contributed by atoms with Gasteiger partial charge in [-0.3, -0.25) is 14.5 Å². The maximum Gasteiger partial charge on any atom is 0.234 e. The summed E-state index contributed by atoms with van der Waals surface area (Å²) in [5.74, 6) is 1.24. The molecule has 24 heavy (non-hydrogen) atoms. The Hall–Kier alpha value is -1.82. The summed E-state index contributed by atoms with van der Waals surface area (Å²) in [6.07, 6.45) is 6.85. The minimum absolute atomic E-state index is 0.00667. The average Bonchev–Trinajstić information content (AvgIpc) is 3.14. The van der Waals surface area contributed by atoms with Crippen LogP contribution in [-0.4, -0.2) is 54.3 Å². The van der Waals surface area contributed by atoms with Crippen LogP contribution in [0.2, 0.25) is 0 Å². The quantitative estimate of drug-likeness (QED) is 0.889. The van der Waals surface area contributed by atoms with Crippen LogP contribution < -0.4 is 5.32 Å². The number of amides is 2. The summed E-state index contributed by atoms with van der Waals surface area (Å²) in [6.45, 7) is 4.31. The maximum atomic E-state index is 12.5. The van der Waals surface area contributed by atoms with Crippen LogP contribution in [0.25, 0.3) is 0 Å².